The number of hydrazone groups is 1. The Morgan fingerprint density at radius 2 is 1.58 bits per heavy atom. The van der Waals surface area contributed by atoms with Crippen LogP contribution in [-0.2, 0) is 14.3 Å². The first kappa shape index (κ1) is 29.0. The van der Waals surface area contributed by atoms with Gasteiger partial charge in [-0.25, -0.2) is 19.2 Å². The number of carbonyl (C=O) groups excluding carboxylic acids is 3. The van der Waals surface area contributed by atoms with E-state index in [0.29, 0.717) is 5.75 Å². The Morgan fingerprint density at radius 3 is 2.21 bits per heavy atom. The summed E-state index contributed by atoms with van der Waals surface area (Å²) in [5.74, 6) is -2.53. The highest BCUT2D eigenvalue weighted by molar-refractivity contribution is 6.48. The van der Waals surface area contributed by atoms with Crippen LogP contribution >= 0.6 is 0 Å². The largest absolute Gasteiger partial charge is 0.495 e. The fraction of sp³-hybridized carbons (Fsp3) is 0.208. The molecule has 4 N–H and O–H groups in total. The third kappa shape index (κ3) is 7.13. The molecular formula is C24H26N6O8. The molecule has 2 aromatic carbocycles. The van der Waals surface area contributed by atoms with Crippen LogP contribution in [0.1, 0.15) is 40.4 Å². The number of amides is 1. The number of methoxy groups -OCH3 is 3. The van der Waals surface area contributed by atoms with E-state index in [1.54, 1.807) is 24.3 Å². The van der Waals surface area contributed by atoms with Crippen LogP contribution < -0.4 is 26.9 Å². The second kappa shape index (κ2) is 13.7. The standard InChI is InChI=1S/C22H20N6O8.C2H6/c1-34-15-7-5-4-6-13(15)23-18(29)16(17-24-21(32)26-22(33)25-17)28-27-14-10-11(19(30)35-2)8-9-12(14)20(31)36-3;1-2/h4-10,27H,1-3H3,(H,23,29)(H2,24,25,26,32,33);1-2H3/b28-16-;. The molecule has 3 rings (SSSR count). The van der Waals surface area contributed by atoms with E-state index in [1.807, 2.05) is 18.8 Å². The number of benzene rings is 2. The van der Waals surface area contributed by atoms with Crippen LogP contribution in [0.3, 0.4) is 0 Å². The van der Waals surface area contributed by atoms with Gasteiger partial charge in [0, 0.05) is 0 Å². The van der Waals surface area contributed by atoms with Gasteiger partial charge in [0.2, 0.25) is 0 Å². The van der Waals surface area contributed by atoms with Gasteiger partial charge in [-0.2, -0.15) is 10.1 Å². The summed E-state index contributed by atoms with van der Waals surface area (Å²) in [4.78, 5) is 68.6. The SMILES string of the molecule is CC.COC(=O)c1ccc(C(=O)OC)c(N/N=C(\C(=O)Nc2ccccc2OC)c2nc(=O)[nH]c(=O)[nH]2)c1. The molecule has 0 aliphatic heterocycles. The zero-order chi connectivity index (χ0) is 28.2. The molecule has 200 valence electrons. The third-order valence-corrected chi connectivity index (χ3v) is 4.59. The molecule has 38 heavy (non-hydrogen) atoms. The molecule has 1 aromatic heterocycles. The van der Waals surface area contributed by atoms with Crippen molar-refractivity contribution in [2.45, 2.75) is 13.8 Å². The maximum Gasteiger partial charge on any atom is 0.351 e. The summed E-state index contributed by atoms with van der Waals surface area (Å²) < 4.78 is 14.6. The number of aromatic nitrogens is 3. The summed E-state index contributed by atoms with van der Waals surface area (Å²) in [7, 11) is 3.73. The van der Waals surface area contributed by atoms with Crippen molar-refractivity contribution in [2.75, 3.05) is 32.1 Å². The Hall–Kier alpha value is -5.27. The molecule has 3 aromatic rings. The van der Waals surface area contributed by atoms with Crippen molar-refractivity contribution in [1.29, 1.82) is 0 Å². The van der Waals surface area contributed by atoms with Gasteiger partial charge in [-0.15, -0.1) is 0 Å². The first-order valence-electron chi connectivity index (χ1n) is 11.1. The average molecular weight is 527 g/mol. The number of anilines is 2. The van der Waals surface area contributed by atoms with Gasteiger partial charge in [0.05, 0.1) is 43.8 Å². The van der Waals surface area contributed by atoms with E-state index in [4.69, 9.17) is 9.47 Å². The van der Waals surface area contributed by atoms with Crippen molar-refractivity contribution < 1.29 is 28.6 Å². The third-order valence-electron chi connectivity index (χ3n) is 4.59. The number of nitrogens with one attached hydrogen (secondary N) is 4. The number of hydrogen-bond donors (Lipinski definition) is 4. The van der Waals surface area contributed by atoms with E-state index in [-0.39, 0.29) is 22.5 Å². The number of H-pyrrole nitrogens is 2. The van der Waals surface area contributed by atoms with Crippen molar-refractivity contribution in [3.8, 4) is 5.75 Å². The number of carbonyl (C=O) groups is 3. The van der Waals surface area contributed by atoms with Gasteiger partial charge in [-0.1, -0.05) is 26.0 Å². The van der Waals surface area contributed by atoms with E-state index in [1.165, 1.54) is 32.4 Å². The maximum atomic E-state index is 13.1. The lowest BCUT2D eigenvalue weighted by molar-refractivity contribution is -0.110. The van der Waals surface area contributed by atoms with E-state index in [0.717, 1.165) is 7.11 Å². The zero-order valence-electron chi connectivity index (χ0n) is 21.2. The van der Waals surface area contributed by atoms with Crippen LogP contribution in [0.5, 0.6) is 5.75 Å². The molecule has 0 aliphatic carbocycles. The van der Waals surface area contributed by atoms with Crippen LogP contribution in [0.2, 0.25) is 0 Å². The van der Waals surface area contributed by atoms with Crippen LogP contribution in [0, 0.1) is 0 Å². The van der Waals surface area contributed by atoms with Crippen molar-refractivity contribution in [2.24, 2.45) is 5.10 Å². The lowest BCUT2D eigenvalue weighted by Gasteiger charge is -2.12. The van der Waals surface area contributed by atoms with Crippen molar-refractivity contribution in [3.63, 3.8) is 0 Å². The Balaban J connectivity index is 0.00000247. The average Bonchev–Trinajstić information content (AvgIpc) is 2.93. The first-order valence-corrected chi connectivity index (χ1v) is 11.1. The quantitative estimate of drug-likeness (QED) is 0.190. The van der Waals surface area contributed by atoms with Crippen molar-refractivity contribution in [1.82, 2.24) is 15.0 Å². The minimum Gasteiger partial charge on any atom is -0.495 e. The molecule has 0 unspecified atom stereocenters. The number of esters is 2. The molecule has 0 aliphatic rings. The molecule has 0 saturated carbocycles. The van der Waals surface area contributed by atoms with Gasteiger partial charge >= 0.3 is 23.3 Å². The number of aromatic amines is 2. The van der Waals surface area contributed by atoms with Crippen LogP contribution in [-0.4, -0.2) is 59.8 Å². The number of nitrogens with zero attached hydrogens (tertiary/aromatic N) is 2. The summed E-state index contributed by atoms with van der Waals surface area (Å²) in [6.45, 7) is 4.00. The lowest BCUT2D eigenvalue weighted by Crippen LogP contribution is -2.34. The Morgan fingerprint density at radius 1 is 0.895 bits per heavy atom. The first-order chi connectivity index (χ1) is 18.3. The summed E-state index contributed by atoms with van der Waals surface area (Å²) in [6, 6.07) is 10.3. The molecule has 0 radical (unpaired) electrons. The fourth-order valence-corrected chi connectivity index (χ4v) is 2.93. The Bertz CT molecular complexity index is 1430. The zero-order valence-corrected chi connectivity index (χ0v) is 21.2. The van der Waals surface area contributed by atoms with E-state index < -0.39 is 40.8 Å². The highest BCUT2D eigenvalue weighted by Gasteiger charge is 2.21. The van der Waals surface area contributed by atoms with E-state index >= 15 is 0 Å². The monoisotopic (exact) mass is 526 g/mol. The van der Waals surface area contributed by atoms with Gasteiger partial charge in [-0.3, -0.25) is 20.2 Å². The molecule has 1 amide bonds. The minimum atomic E-state index is -1.03. The van der Waals surface area contributed by atoms with Gasteiger partial charge in [0.1, 0.15) is 5.75 Å². The number of hydrogen-bond acceptors (Lipinski definition) is 11. The maximum absolute atomic E-state index is 13.1. The molecule has 14 nitrogen and oxygen atoms in total. The minimum absolute atomic E-state index is 0.0363. The van der Waals surface area contributed by atoms with Crippen molar-refractivity contribution in [3.05, 3.63) is 80.4 Å². The molecule has 14 heteroatoms. The molecule has 0 bridgehead atoms. The van der Waals surface area contributed by atoms with Gasteiger partial charge in [-0.05, 0) is 30.3 Å². The second-order valence-electron chi connectivity index (χ2n) is 6.81. The van der Waals surface area contributed by atoms with Gasteiger partial charge in [0.25, 0.3) is 5.91 Å². The molecule has 0 saturated heterocycles. The number of para-hydroxylation sites is 2. The number of ether oxygens (including phenoxy) is 3. The van der Waals surface area contributed by atoms with Gasteiger partial charge in [0.15, 0.2) is 11.5 Å². The molecule has 1 heterocycles. The van der Waals surface area contributed by atoms with E-state index in [2.05, 4.69) is 30.5 Å². The highest BCUT2D eigenvalue weighted by Crippen LogP contribution is 2.23. The van der Waals surface area contributed by atoms with E-state index in [9.17, 15) is 24.0 Å². The highest BCUT2D eigenvalue weighted by atomic mass is 16.5. The molecule has 0 atom stereocenters. The summed E-state index contributed by atoms with van der Waals surface area (Å²) in [5, 5.41) is 6.52. The summed E-state index contributed by atoms with van der Waals surface area (Å²) in [6.07, 6.45) is 0. The predicted octanol–water partition coefficient (Wildman–Crippen LogP) is 1.52. The van der Waals surface area contributed by atoms with Crippen LogP contribution in [0.25, 0.3) is 0 Å². The lowest BCUT2D eigenvalue weighted by atomic mass is 10.1. The summed E-state index contributed by atoms with van der Waals surface area (Å²) in [5.41, 5.74) is 0.223. The topological polar surface area (TPSA) is 194 Å². The second-order valence-corrected chi connectivity index (χ2v) is 6.81. The van der Waals surface area contributed by atoms with Crippen molar-refractivity contribution >= 4 is 34.9 Å². The summed E-state index contributed by atoms with van der Waals surface area (Å²) >= 11 is 0. The van der Waals surface area contributed by atoms with Crippen LogP contribution in [0.15, 0.2) is 57.2 Å². The Labute approximate surface area is 216 Å². The van der Waals surface area contributed by atoms with Gasteiger partial charge < -0.3 is 19.5 Å². The smallest absolute Gasteiger partial charge is 0.351 e. The predicted molar refractivity (Wildman–Crippen MR) is 138 cm³/mol. The Kier molecular flexibility index (Phi) is 10.5. The normalized spacial score (nSPS) is 10.4. The molecular weight excluding hydrogens is 500 g/mol. The molecule has 0 spiro atoms. The van der Waals surface area contributed by atoms with Crippen LogP contribution in [0.4, 0.5) is 11.4 Å². The number of rotatable bonds is 8. The fourth-order valence-electron chi connectivity index (χ4n) is 2.93. The molecule has 0 fully saturated rings.